The van der Waals surface area contributed by atoms with Gasteiger partial charge in [-0.05, 0) is 26.7 Å². The van der Waals surface area contributed by atoms with Crippen molar-refractivity contribution in [1.29, 1.82) is 0 Å². The van der Waals surface area contributed by atoms with E-state index < -0.39 is 16.8 Å². The van der Waals surface area contributed by atoms with E-state index in [0.29, 0.717) is 19.3 Å². The highest BCUT2D eigenvalue weighted by atomic mass is 16.6. The van der Waals surface area contributed by atoms with Gasteiger partial charge < -0.3 is 4.74 Å². The molecule has 92 valence electrons. The topological polar surface area (TPSA) is 86.5 Å². The number of nitro groups is 1. The highest BCUT2D eigenvalue weighted by Crippen LogP contribution is 2.12. The molecule has 0 aromatic heterocycles. The Hall–Kier alpha value is -1.46. The molecule has 0 amide bonds. The summed E-state index contributed by atoms with van der Waals surface area (Å²) >= 11 is 0. The molecule has 1 atom stereocenters. The van der Waals surface area contributed by atoms with Gasteiger partial charge in [-0.2, -0.15) is 0 Å². The monoisotopic (exact) mass is 231 g/mol. The average Bonchev–Trinajstić information content (AvgIpc) is 2.16. The molecule has 0 bridgehead atoms. The largest absolute Gasteiger partial charge is 0.465 e. The standard InChI is InChI=1S/C10H17NO5/c1-3-16-10(13)9(8(2)12)6-4-5-7-11(14)15/h9H,3-7H2,1-2H3. The van der Waals surface area contributed by atoms with E-state index in [2.05, 4.69) is 0 Å². The van der Waals surface area contributed by atoms with E-state index in [1.807, 2.05) is 0 Å². The smallest absolute Gasteiger partial charge is 0.316 e. The van der Waals surface area contributed by atoms with E-state index in [-0.39, 0.29) is 18.9 Å². The maximum atomic E-state index is 11.3. The normalized spacial score (nSPS) is 11.9. The zero-order valence-corrected chi connectivity index (χ0v) is 9.60. The fourth-order valence-electron chi connectivity index (χ4n) is 1.32. The summed E-state index contributed by atoms with van der Waals surface area (Å²) < 4.78 is 4.75. The van der Waals surface area contributed by atoms with Crippen molar-refractivity contribution in [2.75, 3.05) is 13.2 Å². The van der Waals surface area contributed by atoms with Crippen molar-refractivity contribution in [3.8, 4) is 0 Å². The first-order valence-electron chi connectivity index (χ1n) is 5.28. The molecule has 0 fully saturated rings. The van der Waals surface area contributed by atoms with Gasteiger partial charge in [0.1, 0.15) is 11.7 Å². The van der Waals surface area contributed by atoms with Crippen molar-refractivity contribution in [3.05, 3.63) is 10.1 Å². The third kappa shape index (κ3) is 6.10. The molecule has 0 N–H and O–H groups in total. The molecule has 0 spiro atoms. The molecule has 0 aliphatic heterocycles. The van der Waals surface area contributed by atoms with Crippen LogP contribution in [-0.4, -0.2) is 29.8 Å². The van der Waals surface area contributed by atoms with Gasteiger partial charge >= 0.3 is 5.97 Å². The second-order valence-corrected chi connectivity index (χ2v) is 3.47. The number of unbranched alkanes of at least 4 members (excludes halogenated alkanes) is 1. The summed E-state index contributed by atoms with van der Waals surface area (Å²) in [6, 6.07) is 0. The Morgan fingerprint density at radius 2 is 2.00 bits per heavy atom. The van der Waals surface area contributed by atoms with Gasteiger partial charge in [0.15, 0.2) is 0 Å². The Balaban J connectivity index is 4.00. The first-order valence-corrected chi connectivity index (χ1v) is 5.28. The van der Waals surface area contributed by atoms with Gasteiger partial charge in [0, 0.05) is 11.3 Å². The Bertz CT molecular complexity index is 264. The fraction of sp³-hybridized carbons (Fsp3) is 0.800. The highest BCUT2D eigenvalue weighted by molar-refractivity contribution is 5.97. The highest BCUT2D eigenvalue weighted by Gasteiger charge is 2.24. The minimum Gasteiger partial charge on any atom is -0.465 e. The Labute approximate surface area is 94.1 Å². The minimum atomic E-state index is -0.772. The van der Waals surface area contributed by atoms with E-state index in [1.165, 1.54) is 6.92 Å². The fourth-order valence-corrected chi connectivity index (χ4v) is 1.32. The number of nitrogens with zero attached hydrogens (tertiary/aromatic N) is 1. The zero-order valence-electron chi connectivity index (χ0n) is 9.60. The molecular weight excluding hydrogens is 214 g/mol. The van der Waals surface area contributed by atoms with Gasteiger partial charge in [0.2, 0.25) is 6.54 Å². The van der Waals surface area contributed by atoms with Crippen LogP contribution in [0.5, 0.6) is 0 Å². The first-order chi connectivity index (χ1) is 7.49. The number of rotatable bonds is 8. The van der Waals surface area contributed by atoms with Crippen LogP contribution in [0.3, 0.4) is 0 Å². The zero-order chi connectivity index (χ0) is 12.6. The van der Waals surface area contributed by atoms with Gasteiger partial charge in [-0.1, -0.05) is 0 Å². The van der Waals surface area contributed by atoms with Crippen molar-refractivity contribution < 1.29 is 19.2 Å². The lowest BCUT2D eigenvalue weighted by Gasteiger charge is -2.11. The van der Waals surface area contributed by atoms with Crippen LogP contribution in [0.2, 0.25) is 0 Å². The molecule has 0 aromatic carbocycles. The third-order valence-corrected chi connectivity index (χ3v) is 2.15. The Morgan fingerprint density at radius 1 is 1.38 bits per heavy atom. The molecular formula is C10H17NO5. The number of hydrogen-bond acceptors (Lipinski definition) is 5. The molecule has 0 heterocycles. The molecule has 1 unspecified atom stereocenters. The van der Waals surface area contributed by atoms with Crippen LogP contribution < -0.4 is 0 Å². The van der Waals surface area contributed by atoms with Crippen molar-refractivity contribution in [1.82, 2.24) is 0 Å². The summed E-state index contributed by atoms with van der Waals surface area (Å²) in [5.74, 6) is -1.55. The summed E-state index contributed by atoms with van der Waals surface area (Å²) in [6.45, 7) is 3.10. The van der Waals surface area contributed by atoms with Gasteiger partial charge in [0.25, 0.3) is 0 Å². The molecule has 6 heteroatoms. The van der Waals surface area contributed by atoms with Crippen LogP contribution in [-0.2, 0) is 14.3 Å². The maximum absolute atomic E-state index is 11.3. The second kappa shape index (κ2) is 7.78. The summed E-state index contributed by atoms with van der Waals surface area (Å²) in [5, 5.41) is 10.1. The van der Waals surface area contributed by atoms with Crippen molar-refractivity contribution >= 4 is 11.8 Å². The molecule has 0 saturated heterocycles. The second-order valence-electron chi connectivity index (χ2n) is 3.47. The number of ether oxygens (including phenoxy) is 1. The lowest BCUT2D eigenvalue weighted by molar-refractivity contribution is -0.480. The Kier molecular flexibility index (Phi) is 7.07. The minimum absolute atomic E-state index is 0.131. The summed E-state index contributed by atoms with van der Waals surface area (Å²) in [4.78, 5) is 32.1. The predicted octanol–water partition coefficient (Wildman–Crippen LogP) is 1.20. The number of ketones is 1. The number of esters is 1. The quantitative estimate of drug-likeness (QED) is 0.206. The van der Waals surface area contributed by atoms with E-state index in [1.54, 1.807) is 6.92 Å². The number of carbonyl (C=O) groups excluding carboxylic acids is 2. The molecule has 0 saturated carbocycles. The number of hydrogen-bond donors (Lipinski definition) is 0. The van der Waals surface area contributed by atoms with E-state index in [4.69, 9.17) is 4.74 Å². The molecule has 0 aliphatic carbocycles. The lowest BCUT2D eigenvalue weighted by atomic mass is 9.98. The Morgan fingerprint density at radius 3 is 2.44 bits per heavy atom. The van der Waals surface area contributed by atoms with Crippen LogP contribution in [0, 0.1) is 16.0 Å². The van der Waals surface area contributed by atoms with Crippen molar-refractivity contribution in [2.24, 2.45) is 5.92 Å². The van der Waals surface area contributed by atoms with E-state index in [0.717, 1.165) is 0 Å². The molecule has 0 radical (unpaired) electrons. The predicted molar refractivity (Wildman–Crippen MR) is 56.5 cm³/mol. The van der Waals surface area contributed by atoms with E-state index >= 15 is 0 Å². The first kappa shape index (κ1) is 14.5. The van der Waals surface area contributed by atoms with Crippen molar-refractivity contribution in [3.63, 3.8) is 0 Å². The van der Waals surface area contributed by atoms with Crippen molar-refractivity contribution in [2.45, 2.75) is 33.1 Å². The molecule has 0 rings (SSSR count). The third-order valence-electron chi connectivity index (χ3n) is 2.15. The van der Waals surface area contributed by atoms with Crippen LogP contribution in [0.1, 0.15) is 33.1 Å². The maximum Gasteiger partial charge on any atom is 0.316 e. The van der Waals surface area contributed by atoms with Gasteiger partial charge in [-0.15, -0.1) is 0 Å². The number of Topliss-reactive ketones (excluding diaryl/α,β-unsaturated/α-hetero) is 1. The van der Waals surface area contributed by atoms with Crippen LogP contribution in [0.15, 0.2) is 0 Å². The van der Waals surface area contributed by atoms with Gasteiger partial charge in [-0.25, -0.2) is 0 Å². The SMILES string of the molecule is CCOC(=O)C(CCCC[N+](=O)[O-])C(C)=O. The van der Waals surface area contributed by atoms with Gasteiger partial charge in [0.05, 0.1) is 6.61 Å². The van der Waals surface area contributed by atoms with Crippen LogP contribution in [0.25, 0.3) is 0 Å². The molecule has 0 aliphatic rings. The molecule has 16 heavy (non-hydrogen) atoms. The molecule has 0 aromatic rings. The lowest BCUT2D eigenvalue weighted by Crippen LogP contribution is -2.24. The number of carbonyl (C=O) groups is 2. The summed E-state index contributed by atoms with van der Waals surface area (Å²) in [6.07, 6.45) is 1.17. The average molecular weight is 231 g/mol. The summed E-state index contributed by atoms with van der Waals surface area (Å²) in [7, 11) is 0. The summed E-state index contributed by atoms with van der Waals surface area (Å²) in [5.41, 5.74) is 0. The molecule has 6 nitrogen and oxygen atoms in total. The van der Waals surface area contributed by atoms with Crippen LogP contribution in [0.4, 0.5) is 0 Å². The van der Waals surface area contributed by atoms with Crippen LogP contribution >= 0.6 is 0 Å². The van der Waals surface area contributed by atoms with Gasteiger partial charge in [-0.3, -0.25) is 19.7 Å². The van der Waals surface area contributed by atoms with E-state index in [9.17, 15) is 19.7 Å².